The molecule has 1 amide bonds. The normalized spacial score (nSPS) is 16.1. The highest BCUT2D eigenvalue weighted by molar-refractivity contribution is 7.92. The van der Waals surface area contributed by atoms with Gasteiger partial charge in [-0.2, -0.15) is 0 Å². The minimum Gasteiger partial charge on any atom is -0.370 e. The van der Waals surface area contributed by atoms with Crippen LogP contribution in [-0.4, -0.2) is 34.0 Å². The first-order valence-electron chi connectivity index (χ1n) is 11.9. The molecule has 3 aromatic rings. The number of hydrogen-bond donors (Lipinski definition) is 1. The molecule has 2 heterocycles. The Labute approximate surface area is 201 Å². The van der Waals surface area contributed by atoms with Crippen LogP contribution in [-0.2, 0) is 16.4 Å². The van der Waals surface area contributed by atoms with Crippen molar-refractivity contribution in [3.63, 3.8) is 0 Å². The van der Waals surface area contributed by atoms with Gasteiger partial charge in [0.25, 0.3) is 15.9 Å². The fourth-order valence-corrected chi connectivity index (χ4v) is 6.38. The van der Waals surface area contributed by atoms with Gasteiger partial charge in [0.05, 0.1) is 22.0 Å². The topological polar surface area (TPSA) is 69.7 Å². The highest BCUT2D eigenvalue weighted by Gasteiger charge is 2.29. The monoisotopic (exact) mass is 475 g/mol. The first-order chi connectivity index (χ1) is 16.5. The van der Waals surface area contributed by atoms with Gasteiger partial charge in [0, 0.05) is 25.2 Å². The number of nitrogens with zero attached hydrogens (tertiary/aromatic N) is 2. The Kier molecular flexibility index (Phi) is 6.28. The van der Waals surface area contributed by atoms with Crippen LogP contribution in [0.4, 0.5) is 17.1 Å². The molecule has 0 atom stereocenters. The highest BCUT2D eigenvalue weighted by Crippen LogP contribution is 2.32. The number of amides is 1. The molecule has 5 rings (SSSR count). The fourth-order valence-electron chi connectivity index (χ4n) is 4.84. The molecule has 0 bridgehead atoms. The van der Waals surface area contributed by atoms with Crippen LogP contribution in [0.5, 0.6) is 0 Å². The predicted octanol–water partition coefficient (Wildman–Crippen LogP) is 5.07. The van der Waals surface area contributed by atoms with Crippen LogP contribution in [0.25, 0.3) is 0 Å². The van der Waals surface area contributed by atoms with Crippen molar-refractivity contribution in [3.8, 4) is 0 Å². The van der Waals surface area contributed by atoms with Crippen molar-refractivity contribution in [1.82, 2.24) is 0 Å². The molecule has 0 saturated carbocycles. The van der Waals surface area contributed by atoms with E-state index in [2.05, 4.69) is 10.2 Å². The zero-order valence-corrected chi connectivity index (χ0v) is 19.9. The van der Waals surface area contributed by atoms with Crippen LogP contribution in [0.3, 0.4) is 0 Å². The third kappa shape index (κ3) is 4.40. The maximum absolute atomic E-state index is 13.4. The van der Waals surface area contributed by atoms with Crippen molar-refractivity contribution < 1.29 is 13.2 Å². The van der Waals surface area contributed by atoms with E-state index < -0.39 is 10.0 Å². The second-order valence-electron chi connectivity index (χ2n) is 8.85. The number of benzene rings is 3. The number of carbonyl (C=O) groups is 1. The second kappa shape index (κ2) is 9.50. The number of para-hydroxylation sites is 3. The van der Waals surface area contributed by atoms with Crippen LogP contribution < -0.4 is 14.5 Å². The molecule has 1 N–H and O–H groups in total. The molecular weight excluding hydrogens is 446 g/mol. The van der Waals surface area contributed by atoms with Gasteiger partial charge in [0.15, 0.2) is 0 Å². The third-order valence-electron chi connectivity index (χ3n) is 6.62. The summed E-state index contributed by atoms with van der Waals surface area (Å²) in [4.78, 5) is 15.5. The van der Waals surface area contributed by atoms with Gasteiger partial charge in [-0.3, -0.25) is 9.10 Å². The Morgan fingerprint density at radius 1 is 0.735 bits per heavy atom. The molecule has 34 heavy (non-hydrogen) atoms. The summed E-state index contributed by atoms with van der Waals surface area (Å²) >= 11 is 0. The molecule has 3 aromatic carbocycles. The van der Waals surface area contributed by atoms with Gasteiger partial charge >= 0.3 is 0 Å². The molecular formula is C27H29N3O3S. The summed E-state index contributed by atoms with van der Waals surface area (Å²) in [5.74, 6) is -0.253. The fraction of sp³-hybridized carbons (Fsp3) is 0.296. The molecule has 176 valence electrons. The molecule has 0 aliphatic carbocycles. The lowest BCUT2D eigenvalue weighted by Gasteiger charge is -2.30. The van der Waals surface area contributed by atoms with Crippen molar-refractivity contribution in [2.75, 3.05) is 34.2 Å². The van der Waals surface area contributed by atoms with Crippen LogP contribution in [0.1, 0.15) is 41.6 Å². The average molecular weight is 476 g/mol. The van der Waals surface area contributed by atoms with Crippen molar-refractivity contribution in [1.29, 1.82) is 0 Å². The number of carbonyl (C=O) groups excluding carboxylic acids is 1. The molecule has 2 aliphatic rings. The van der Waals surface area contributed by atoms with Crippen molar-refractivity contribution in [2.45, 2.75) is 37.0 Å². The van der Waals surface area contributed by atoms with Gasteiger partial charge in [0.2, 0.25) is 0 Å². The zero-order valence-electron chi connectivity index (χ0n) is 19.1. The molecule has 6 nitrogen and oxygen atoms in total. The van der Waals surface area contributed by atoms with Gasteiger partial charge in [-0.1, -0.05) is 30.3 Å². The third-order valence-corrected chi connectivity index (χ3v) is 8.45. The summed E-state index contributed by atoms with van der Waals surface area (Å²) in [6.45, 7) is 2.42. The van der Waals surface area contributed by atoms with Gasteiger partial charge in [-0.25, -0.2) is 8.42 Å². The molecule has 0 unspecified atom stereocenters. The largest absolute Gasteiger partial charge is 0.370 e. The van der Waals surface area contributed by atoms with E-state index in [1.54, 1.807) is 12.1 Å². The maximum Gasteiger partial charge on any atom is 0.264 e. The van der Waals surface area contributed by atoms with E-state index in [1.807, 2.05) is 48.5 Å². The quantitative estimate of drug-likeness (QED) is 0.559. The highest BCUT2D eigenvalue weighted by atomic mass is 32.2. The first kappa shape index (κ1) is 22.5. The number of anilines is 3. The number of fused-ring (bicyclic) bond motifs is 1. The number of nitrogens with one attached hydrogen (secondary N) is 1. The minimum atomic E-state index is -3.70. The van der Waals surface area contributed by atoms with Crippen LogP contribution >= 0.6 is 0 Å². The van der Waals surface area contributed by atoms with E-state index in [9.17, 15) is 13.2 Å². The molecule has 7 heteroatoms. The molecule has 0 spiro atoms. The Balaban J connectivity index is 1.35. The van der Waals surface area contributed by atoms with Crippen LogP contribution in [0.2, 0.25) is 0 Å². The summed E-state index contributed by atoms with van der Waals surface area (Å²) in [5.41, 5.74) is 4.01. The number of piperidine rings is 1. The average Bonchev–Trinajstić information content (AvgIpc) is 2.89. The van der Waals surface area contributed by atoms with Gasteiger partial charge < -0.3 is 10.2 Å². The summed E-state index contributed by atoms with van der Waals surface area (Å²) in [6.07, 6.45) is 5.20. The number of aryl methyl sites for hydroxylation is 1. The maximum atomic E-state index is 13.4. The molecule has 1 saturated heterocycles. The first-order valence-corrected chi connectivity index (χ1v) is 13.3. The molecule has 0 radical (unpaired) electrons. The minimum absolute atomic E-state index is 0.189. The molecule has 2 aliphatic heterocycles. The summed E-state index contributed by atoms with van der Waals surface area (Å²) < 4.78 is 28.2. The zero-order chi connectivity index (χ0) is 23.5. The lowest BCUT2D eigenvalue weighted by atomic mass is 10.0. The Bertz CT molecular complexity index is 1280. The molecule has 1 fully saturated rings. The number of hydrogen-bond acceptors (Lipinski definition) is 4. The van der Waals surface area contributed by atoms with Crippen molar-refractivity contribution in [3.05, 3.63) is 83.9 Å². The van der Waals surface area contributed by atoms with E-state index in [4.69, 9.17) is 0 Å². The van der Waals surface area contributed by atoms with E-state index in [1.165, 1.54) is 22.9 Å². The van der Waals surface area contributed by atoms with Gasteiger partial charge in [-0.15, -0.1) is 0 Å². The van der Waals surface area contributed by atoms with Crippen molar-refractivity contribution >= 4 is 33.0 Å². The lowest BCUT2D eigenvalue weighted by molar-refractivity contribution is 0.102. The van der Waals surface area contributed by atoms with Gasteiger partial charge in [-0.05, 0) is 80.1 Å². The Morgan fingerprint density at radius 2 is 1.41 bits per heavy atom. The van der Waals surface area contributed by atoms with E-state index in [0.717, 1.165) is 61.4 Å². The van der Waals surface area contributed by atoms with Crippen molar-refractivity contribution in [2.24, 2.45) is 0 Å². The SMILES string of the molecule is O=C(Nc1ccccc1N1CCCCC1)c1ccc(S(=O)(=O)N2CCCc3ccccc32)cc1. The lowest BCUT2D eigenvalue weighted by Crippen LogP contribution is -2.35. The molecule has 0 aromatic heterocycles. The summed E-state index contributed by atoms with van der Waals surface area (Å²) in [7, 11) is -3.70. The predicted molar refractivity (Wildman–Crippen MR) is 136 cm³/mol. The van der Waals surface area contributed by atoms with E-state index in [0.29, 0.717) is 12.1 Å². The number of rotatable bonds is 5. The smallest absolute Gasteiger partial charge is 0.264 e. The van der Waals surface area contributed by atoms with Crippen LogP contribution in [0, 0.1) is 0 Å². The van der Waals surface area contributed by atoms with Gasteiger partial charge in [0.1, 0.15) is 0 Å². The summed E-state index contributed by atoms with van der Waals surface area (Å²) in [5, 5.41) is 3.02. The Morgan fingerprint density at radius 3 is 2.18 bits per heavy atom. The second-order valence-corrected chi connectivity index (χ2v) is 10.7. The number of sulfonamides is 1. The van der Waals surface area contributed by atoms with E-state index >= 15 is 0 Å². The van der Waals surface area contributed by atoms with Crippen LogP contribution in [0.15, 0.2) is 77.7 Å². The standard InChI is InChI=1S/C27H29N3O3S/c31-27(28-24-11-3-5-13-26(24)29-18-6-1-7-19-29)22-14-16-23(17-15-22)34(32,33)30-20-8-10-21-9-2-4-12-25(21)30/h2-5,9,11-17H,1,6-8,10,18-20H2,(H,28,31). The van der Waals surface area contributed by atoms with E-state index in [-0.39, 0.29) is 10.8 Å². The summed E-state index contributed by atoms with van der Waals surface area (Å²) in [6, 6.07) is 21.7. The Hall–Kier alpha value is -3.32.